The van der Waals surface area contributed by atoms with Gasteiger partial charge in [-0.3, -0.25) is 5.10 Å². The van der Waals surface area contributed by atoms with Crippen molar-refractivity contribution in [1.82, 2.24) is 15.1 Å². The number of nitrogens with zero attached hydrogens (tertiary/aromatic N) is 2. The van der Waals surface area contributed by atoms with Gasteiger partial charge in [0.05, 0.1) is 5.69 Å². The summed E-state index contributed by atoms with van der Waals surface area (Å²) in [5, 5.41) is 7.70. The summed E-state index contributed by atoms with van der Waals surface area (Å²) >= 11 is 6.48. The number of piperidine rings is 1. The molecule has 0 spiro atoms. The molecule has 2 aromatic rings. The van der Waals surface area contributed by atoms with Crippen molar-refractivity contribution in [2.24, 2.45) is 0 Å². The molecule has 1 aromatic heterocycles. The van der Waals surface area contributed by atoms with E-state index in [1.54, 1.807) is 0 Å². The lowest BCUT2D eigenvalue weighted by Crippen LogP contribution is -2.29. The Morgan fingerprint density at radius 2 is 2.05 bits per heavy atom. The Bertz CT molecular complexity index is 600. The number of H-pyrrole nitrogens is 1. The SMILES string of the molecule is CN1CCC(c2ccc(-c3cc(N)n[nH]3)cc2Cl)CC1. The molecule has 1 fully saturated rings. The summed E-state index contributed by atoms with van der Waals surface area (Å²) in [6.07, 6.45) is 2.35. The third-order valence-corrected chi connectivity index (χ3v) is 4.39. The van der Waals surface area contributed by atoms with E-state index in [0.29, 0.717) is 11.7 Å². The average Bonchev–Trinajstić information content (AvgIpc) is 2.87. The van der Waals surface area contributed by atoms with Crippen LogP contribution in [0.15, 0.2) is 24.3 Å². The summed E-state index contributed by atoms with van der Waals surface area (Å²) in [7, 11) is 2.17. The van der Waals surface area contributed by atoms with Crippen molar-refractivity contribution in [3.63, 3.8) is 0 Å². The summed E-state index contributed by atoms with van der Waals surface area (Å²) in [5.41, 5.74) is 8.82. The van der Waals surface area contributed by atoms with E-state index >= 15 is 0 Å². The standard InChI is InChI=1S/C15H19ClN4/c1-20-6-4-10(5-7-20)12-3-2-11(8-13(12)16)14-9-15(17)19-18-14/h2-3,8-10H,4-7H2,1H3,(H3,17,18,19). The highest BCUT2D eigenvalue weighted by atomic mass is 35.5. The van der Waals surface area contributed by atoms with Gasteiger partial charge in [-0.2, -0.15) is 5.10 Å². The minimum absolute atomic E-state index is 0.496. The number of rotatable bonds is 2. The van der Waals surface area contributed by atoms with Gasteiger partial charge in [-0.25, -0.2) is 0 Å². The minimum Gasteiger partial charge on any atom is -0.382 e. The summed E-state index contributed by atoms with van der Waals surface area (Å²) in [6.45, 7) is 2.28. The number of anilines is 1. The van der Waals surface area contributed by atoms with Crippen LogP contribution in [0.25, 0.3) is 11.3 Å². The molecule has 1 saturated heterocycles. The molecule has 20 heavy (non-hydrogen) atoms. The molecule has 3 rings (SSSR count). The molecule has 1 aromatic carbocycles. The number of hydrogen-bond donors (Lipinski definition) is 2. The molecule has 4 nitrogen and oxygen atoms in total. The van der Waals surface area contributed by atoms with Crippen LogP contribution in [0.4, 0.5) is 5.82 Å². The first kappa shape index (κ1) is 13.5. The fraction of sp³-hybridized carbons (Fsp3) is 0.400. The van der Waals surface area contributed by atoms with Gasteiger partial charge < -0.3 is 10.6 Å². The molecule has 3 N–H and O–H groups in total. The second kappa shape index (κ2) is 5.46. The van der Waals surface area contributed by atoms with Gasteiger partial charge in [0.25, 0.3) is 0 Å². The normalized spacial score (nSPS) is 17.5. The van der Waals surface area contributed by atoms with Gasteiger partial charge in [-0.1, -0.05) is 23.7 Å². The van der Waals surface area contributed by atoms with Crippen molar-refractivity contribution < 1.29 is 0 Å². The second-order valence-corrected chi connectivity index (χ2v) is 5.93. The van der Waals surface area contributed by atoms with Crippen molar-refractivity contribution in [3.05, 3.63) is 34.9 Å². The van der Waals surface area contributed by atoms with Crippen LogP contribution in [0.1, 0.15) is 24.3 Å². The van der Waals surface area contributed by atoms with Crippen molar-refractivity contribution in [2.75, 3.05) is 25.9 Å². The van der Waals surface area contributed by atoms with Crippen LogP contribution in [0.2, 0.25) is 5.02 Å². The van der Waals surface area contributed by atoms with Crippen LogP contribution in [0.5, 0.6) is 0 Å². The summed E-state index contributed by atoms with van der Waals surface area (Å²) < 4.78 is 0. The molecule has 0 saturated carbocycles. The van der Waals surface area contributed by atoms with Gasteiger partial charge in [0, 0.05) is 16.7 Å². The van der Waals surface area contributed by atoms with Crippen LogP contribution in [-0.2, 0) is 0 Å². The van der Waals surface area contributed by atoms with Crippen molar-refractivity contribution in [3.8, 4) is 11.3 Å². The lowest BCUT2D eigenvalue weighted by Gasteiger charge is -2.29. The van der Waals surface area contributed by atoms with E-state index in [1.807, 2.05) is 12.1 Å². The van der Waals surface area contributed by atoms with Gasteiger partial charge in [-0.05, 0) is 50.5 Å². The zero-order chi connectivity index (χ0) is 14.1. The molecule has 1 aliphatic rings. The molecule has 2 heterocycles. The number of aromatic nitrogens is 2. The number of halogens is 1. The molecule has 0 amide bonds. The van der Waals surface area contributed by atoms with Gasteiger partial charge >= 0.3 is 0 Å². The summed E-state index contributed by atoms with van der Waals surface area (Å²) in [4.78, 5) is 2.37. The second-order valence-electron chi connectivity index (χ2n) is 5.52. The number of nitrogens with two attached hydrogens (primary N) is 1. The maximum atomic E-state index is 6.48. The number of nitrogens with one attached hydrogen (secondary N) is 1. The number of benzene rings is 1. The highest BCUT2D eigenvalue weighted by Crippen LogP contribution is 2.34. The maximum Gasteiger partial charge on any atom is 0.145 e. The Hall–Kier alpha value is -1.52. The van der Waals surface area contributed by atoms with Crippen LogP contribution >= 0.6 is 11.6 Å². The van der Waals surface area contributed by atoms with E-state index in [0.717, 1.165) is 29.4 Å². The first-order chi connectivity index (χ1) is 9.63. The quantitative estimate of drug-likeness (QED) is 0.893. The van der Waals surface area contributed by atoms with E-state index in [2.05, 4.69) is 34.3 Å². The lowest BCUT2D eigenvalue weighted by atomic mass is 9.89. The van der Waals surface area contributed by atoms with E-state index in [-0.39, 0.29) is 0 Å². The Morgan fingerprint density at radius 3 is 2.65 bits per heavy atom. The predicted octanol–water partition coefficient (Wildman–Crippen LogP) is 3.12. The molecule has 0 bridgehead atoms. The summed E-state index contributed by atoms with van der Waals surface area (Å²) in [6, 6.07) is 8.06. The highest BCUT2D eigenvalue weighted by Gasteiger charge is 2.20. The van der Waals surface area contributed by atoms with Crippen molar-refractivity contribution in [2.45, 2.75) is 18.8 Å². The fourth-order valence-electron chi connectivity index (χ4n) is 2.83. The largest absolute Gasteiger partial charge is 0.382 e. The molecular weight excluding hydrogens is 272 g/mol. The first-order valence-corrected chi connectivity index (χ1v) is 7.30. The average molecular weight is 291 g/mol. The number of hydrogen-bond acceptors (Lipinski definition) is 3. The minimum atomic E-state index is 0.496. The fourth-order valence-corrected chi connectivity index (χ4v) is 3.17. The van der Waals surface area contributed by atoms with Crippen molar-refractivity contribution >= 4 is 17.4 Å². The number of likely N-dealkylation sites (tertiary alicyclic amines) is 1. The van der Waals surface area contributed by atoms with Crippen LogP contribution in [-0.4, -0.2) is 35.2 Å². The Morgan fingerprint density at radius 1 is 1.30 bits per heavy atom. The van der Waals surface area contributed by atoms with E-state index in [1.165, 1.54) is 18.4 Å². The molecule has 1 aliphatic heterocycles. The molecule has 0 unspecified atom stereocenters. The number of aromatic amines is 1. The lowest BCUT2D eigenvalue weighted by molar-refractivity contribution is 0.255. The molecule has 106 valence electrons. The Kier molecular flexibility index (Phi) is 3.68. The third kappa shape index (κ3) is 2.67. The van der Waals surface area contributed by atoms with Gasteiger partial charge in [0.15, 0.2) is 0 Å². The Labute approximate surface area is 123 Å². The first-order valence-electron chi connectivity index (χ1n) is 6.93. The van der Waals surface area contributed by atoms with Gasteiger partial charge in [-0.15, -0.1) is 0 Å². The maximum absolute atomic E-state index is 6.48. The highest BCUT2D eigenvalue weighted by molar-refractivity contribution is 6.31. The predicted molar refractivity (Wildman–Crippen MR) is 82.9 cm³/mol. The van der Waals surface area contributed by atoms with Gasteiger partial charge in [0.1, 0.15) is 5.82 Å². The molecular formula is C15H19ClN4. The van der Waals surface area contributed by atoms with Crippen LogP contribution < -0.4 is 5.73 Å². The molecule has 0 radical (unpaired) electrons. The van der Waals surface area contributed by atoms with Gasteiger partial charge in [0.2, 0.25) is 0 Å². The summed E-state index contributed by atoms with van der Waals surface area (Å²) in [5.74, 6) is 1.06. The van der Waals surface area contributed by atoms with Crippen LogP contribution in [0, 0.1) is 0 Å². The zero-order valence-electron chi connectivity index (χ0n) is 11.6. The van der Waals surface area contributed by atoms with Crippen LogP contribution in [0.3, 0.4) is 0 Å². The zero-order valence-corrected chi connectivity index (χ0v) is 12.3. The number of nitrogen functional groups attached to an aromatic ring is 1. The van der Waals surface area contributed by atoms with E-state index in [9.17, 15) is 0 Å². The van der Waals surface area contributed by atoms with Crippen molar-refractivity contribution in [1.29, 1.82) is 0 Å². The molecule has 5 heteroatoms. The van der Waals surface area contributed by atoms with E-state index in [4.69, 9.17) is 17.3 Å². The third-order valence-electron chi connectivity index (χ3n) is 4.07. The molecule has 0 aliphatic carbocycles. The topological polar surface area (TPSA) is 57.9 Å². The monoisotopic (exact) mass is 290 g/mol. The van der Waals surface area contributed by atoms with E-state index < -0.39 is 0 Å². The Balaban J connectivity index is 1.84. The molecule has 0 atom stereocenters. The smallest absolute Gasteiger partial charge is 0.145 e.